The average molecular weight is 600 g/mol. The van der Waals surface area contributed by atoms with Crippen LogP contribution in [0, 0.1) is 12.8 Å². The van der Waals surface area contributed by atoms with Gasteiger partial charge in [-0.25, -0.2) is 32.7 Å². The van der Waals surface area contributed by atoms with Gasteiger partial charge in [0.2, 0.25) is 5.92 Å². The number of hydrogen-bond acceptors (Lipinski definition) is 9. The van der Waals surface area contributed by atoms with Crippen LogP contribution in [-0.4, -0.2) is 84.6 Å². The number of halogens is 5. The predicted molar refractivity (Wildman–Crippen MR) is 129 cm³/mol. The molecule has 13 nitrogen and oxygen atoms in total. The molecular weight excluding hydrogens is 573 g/mol. The van der Waals surface area contributed by atoms with E-state index < -0.39 is 54.1 Å². The van der Waals surface area contributed by atoms with Crippen molar-refractivity contribution < 1.29 is 40.9 Å². The number of aromatic nitrogens is 6. The third-order valence-electron chi connectivity index (χ3n) is 8.22. The first-order valence-corrected chi connectivity index (χ1v) is 13.3. The molecule has 3 aromatic heterocycles. The number of amides is 3. The maximum atomic E-state index is 14.0. The van der Waals surface area contributed by atoms with Gasteiger partial charge in [-0.05, 0) is 30.8 Å². The minimum atomic E-state index is -4.64. The number of imidazole rings is 1. The number of nitrogens with one attached hydrogen (secondary N) is 2. The molecule has 1 aliphatic carbocycles. The van der Waals surface area contributed by atoms with Crippen LogP contribution in [0.5, 0.6) is 0 Å². The number of nitrogens with zero attached hydrogens (tertiary/aromatic N) is 7. The van der Waals surface area contributed by atoms with Crippen LogP contribution in [0.1, 0.15) is 65.7 Å². The zero-order valence-corrected chi connectivity index (χ0v) is 22.2. The Hall–Kier alpha value is -3.96. The number of carbonyl (C=O) groups excluding carboxylic acids is 2. The molecule has 6 rings (SSSR count). The second kappa shape index (κ2) is 10.1. The van der Waals surface area contributed by atoms with Gasteiger partial charge >= 0.3 is 12.2 Å². The minimum absolute atomic E-state index is 0.0421. The van der Waals surface area contributed by atoms with E-state index in [-0.39, 0.29) is 73.9 Å². The van der Waals surface area contributed by atoms with Crippen molar-refractivity contribution in [1.82, 2.24) is 45.4 Å². The van der Waals surface area contributed by atoms with Crippen LogP contribution < -0.4 is 10.6 Å². The van der Waals surface area contributed by atoms with Gasteiger partial charge in [-0.1, -0.05) is 5.16 Å². The summed E-state index contributed by atoms with van der Waals surface area (Å²) in [5.41, 5.74) is -0.660. The lowest BCUT2D eigenvalue weighted by Crippen LogP contribution is -2.49. The van der Waals surface area contributed by atoms with Gasteiger partial charge in [0.1, 0.15) is 17.3 Å². The van der Waals surface area contributed by atoms with Gasteiger partial charge < -0.3 is 20.3 Å². The number of rotatable bonds is 6. The Balaban J connectivity index is 1.33. The molecule has 0 radical (unpaired) electrons. The summed E-state index contributed by atoms with van der Waals surface area (Å²) in [6.45, 7) is 0.990. The van der Waals surface area contributed by atoms with Crippen LogP contribution in [0.3, 0.4) is 0 Å². The fourth-order valence-electron chi connectivity index (χ4n) is 5.84. The van der Waals surface area contributed by atoms with Crippen molar-refractivity contribution in [1.29, 1.82) is 0 Å². The van der Waals surface area contributed by atoms with Gasteiger partial charge in [-0.2, -0.15) is 18.3 Å². The molecule has 1 saturated carbocycles. The Labute approximate surface area is 234 Å². The van der Waals surface area contributed by atoms with Gasteiger partial charge in [-0.3, -0.25) is 4.79 Å². The molecule has 5 heterocycles. The van der Waals surface area contributed by atoms with Crippen LogP contribution in [0.2, 0.25) is 0 Å². The number of carbonyl (C=O) groups is 2. The summed E-state index contributed by atoms with van der Waals surface area (Å²) in [6, 6.07) is -3.77. The fraction of sp³-hybridized carbons (Fsp3) is 0.625. The van der Waals surface area contributed by atoms with Crippen LogP contribution >= 0.6 is 0 Å². The average Bonchev–Trinajstić information content (AvgIpc) is 3.72. The van der Waals surface area contributed by atoms with E-state index in [1.807, 2.05) is 5.32 Å². The molecule has 2 N–H and O–H groups in total. The smallest absolute Gasteiger partial charge is 0.378 e. The minimum Gasteiger partial charge on any atom is -0.378 e. The second-order valence-electron chi connectivity index (χ2n) is 10.9. The highest BCUT2D eigenvalue weighted by molar-refractivity contribution is 5.93. The van der Waals surface area contributed by atoms with E-state index in [0.717, 1.165) is 4.90 Å². The second-order valence-corrected chi connectivity index (χ2v) is 10.9. The van der Waals surface area contributed by atoms with Crippen molar-refractivity contribution in [3.05, 3.63) is 35.2 Å². The molecular formula is C24H26F5N9O4. The van der Waals surface area contributed by atoms with Crippen LogP contribution in [-0.2, 0) is 10.3 Å². The fourth-order valence-corrected chi connectivity index (χ4v) is 5.84. The van der Waals surface area contributed by atoms with E-state index >= 15 is 0 Å². The highest BCUT2D eigenvalue weighted by atomic mass is 19.4. The molecule has 0 bridgehead atoms. The number of fused-ring (bicyclic) bond motifs is 1. The number of alkyl halides is 5. The highest BCUT2D eigenvalue weighted by Crippen LogP contribution is 2.42. The van der Waals surface area contributed by atoms with E-state index in [2.05, 4.69) is 35.3 Å². The van der Waals surface area contributed by atoms with Gasteiger partial charge in [0.05, 0.1) is 43.0 Å². The molecule has 0 spiro atoms. The number of urea groups is 1. The molecule has 18 heteroatoms. The molecule has 3 amide bonds. The summed E-state index contributed by atoms with van der Waals surface area (Å²) in [5, 5.41) is 16.3. The lowest BCUT2D eigenvalue weighted by atomic mass is 9.81. The highest BCUT2D eigenvalue weighted by Gasteiger charge is 2.55. The molecule has 3 aliphatic rings. The summed E-state index contributed by atoms with van der Waals surface area (Å²) >= 11 is 0. The predicted octanol–water partition coefficient (Wildman–Crippen LogP) is 2.68. The van der Waals surface area contributed by atoms with E-state index in [9.17, 15) is 31.5 Å². The summed E-state index contributed by atoms with van der Waals surface area (Å²) in [6.07, 6.45) is -2.12. The lowest BCUT2D eigenvalue weighted by Gasteiger charge is -2.35. The quantitative estimate of drug-likeness (QED) is 0.408. The first-order chi connectivity index (χ1) is 19.9. The third-order valence-corrected chi connectivity index (χ3v) is 8.22. The zero-order chi connectivity index (χ0) is 29.9. The van der Waals surface area contributed by atoms with Crippen LogP contribution in [0.4, 0.5) is 26.7 Å². The Morgan fingerprint density at radius 2 is 1.95 bits per heavy atom. The first-order valence-electron chi connectivity index (χ1n) is 13.3. The Morgan fingerprint density at radius 3 is 2.57 bits per heavy atom. The molecule has 42 heavy (non-hydrogen) atoms. The normalized spacial score (nSPS) is 25.6. The van der Waals surface area contributed by atoms with E-state index in [1.54, 1.807) is 0 Å². The molecule has 2 aliphatic heterocycles. The number of hydrogen-bond donors (Lipinski definition) is 2. The van der Waals surface area contributed by atoms with Gasteiger partial charge in [0.25, 0.3) is 11.7 Å². The molecule has 3 fully saturated rings. The van der Waals surface area contributed by atoms with Crippen LogP contribution in [0.25, 0.3) is 5.78 Å². The molecule has 3 aromatic rings. The maximum Gasteiger partial charge on any atom is 0.410 e. The van der Waals surface area contributed by atoms with Gasteiger partial charge in [0.15, 0.2) is 5.69 Å². The largest absolute Gasteiger partial charge is 0.410 e. The molecule has 0 aromatic carbocycles. The van der Waals surface area contributed by atoms with Crippen LogP contribution in [0.15, 0.2) is 17.0 Å². The Morgan fingerprint density at radius 1 is 1.19 bits per heavy atom. The van der Waals surface area contributed by atoms with Crippen molar-refractivity contribution in [3.63, 3.8) is 0 Å². The SMILES string of the molecule is Cc1nonc1C(=O)N[C@H](c1cn2ncc([C@]3(N4C[C@H](C(F)(F)F)NC4=O)CCOC3)nc2n1)C1CCC(F)(F)CC1. The summed E-state index contributed by atoms with van der Waals surface area (Å²) in [5.74, 6) is -3.80. The van der Waals surface area contributed by atoms with Gasteiger partial charge in [-0.15, -0.1) is 0 Å². The van der Waals surface area contributed by atoms with Crippen molar-refractivity contribution in [3.8, 4) is 0 Å². The monoisotopic (exact) mass is 599 g/mol. The standard InChI is InChI=1S/C24H26F5N9O4/c1-12-17(36-42-35-12)19(39)34-18(13-2-4-23(25,26)5-3-13)14-9-38-20(31-14)32-15(8-30-38)22(6-7-41-11-22)37-10-16(24(27,28)29)33-21(37)40/h8-9,13,16,18H,2-7,10-11H2,1H3,(H,33,40)(H,34,39)/t16-,18+,22+/m1/s1. The molecule has 226 valence electrons. The zero-order valence-electron chi connectivity index (χ0n) is 22.2. The number of aryl methyl sites for hydroxylation is 1. The number of ether oxygens (including phenoxy) is 1. The van der Waals surface area contributed by atoms with Crippen molar-refractivity contribution >= 4 is 17.7 Å². The van der Waals surface area contributed by atoms with E-state index in [4.69, 9.17) is 4.74 Å². The van der Waals surface area contributed by atoms with E-state index in [0.29, 0.717) is 0 Å². The molecule has 2 saturated heterocycles. The summed E-state index contributed by atoms with van der Waals surface area (Å²) in [7, 11) is 0. The Kier molecular flexibility index (Phi) is 6.77. The van der Waals surface area contributed by atoms with Crippen molar-refractivity contribution in [2.24, 2.45) is 5.92 Å². The Bertz CT molecular complexity index is 1490. The van der Waals surface area contributed by atoms with Crippen molar-refractivity contribution in [2.45, 2.75) is 68.7 Å². The topological polar surface area (TPSA) is 153 Å². The summed E-state index contributed by atoms with van der Waals surface area (Å²) in [4.78, 5) is 35.8. The third kappa shape index (κ3) is 5.00. The van der Waals surface area contributed by atoms with Gasteiger partial charge in [0, 0.05) is 25.9 Å². The maximum absolute atomic E-state index is 14.0. The van der Waals surface area contributed by atoms with E-state index in [1.165, 1.54) is 23.8 Å². The van der Waals surface area contributed by atoms with Crippen molar-refractivity contribution in [2.75, 3.05) is 19.8 Å². The lowest BCUT2D eigenvalue weighted by molar-refractivity contribution is -0.151. The summed E-state index contributed by atoms with van der Waals surface area (Å²) < 4.78 is 79.6. The molecule has 0 unspecified atom stereocenters. The first kappa shape index (κ1) is 28.2. The molecule has 3 atom stereocenters.